The zero-order valence-electron chi connectivity index (χ0n) is 10.9. The van der Waals surface area contributed by atoms with Crippen LogP contribution >= 0.6 is 11.6 Å². The van der Waals surface area contributed by atoms with Gasteiger partial charge in [-0.2, -0.15) is 5.10 Å². The van der Waals surface area contributed by atoms with Crippen molar-refractivity contribution in [3.8, 4) is 0 Å². The number of halogens is 1. The zero-order chi connectivity index (χ0) is 14.0. The molecule has 2 rings (SSSR count). The van der Waals surface area contributed by atoms with Gasteiger partial charge in [0.1, 0.15) is 11.6 Å². The zero-order valence-corrected chi connectivity index (χ0v) is 11.6. The molecule has 2 N–H and O–H groups in total. The summed E-state index contributed by atoms with van der Waals surface area (Å²) in [5.74, 6) is 0.881. The first kappa shape index (κ1) is 13.4. The van der Waals surface area contributed by atoms with E-state index in [0.717, 1.165) is 5.69 Å². The van der Waals surface area contributed by atoms with Gasteiger partial charge in [0.05, 0.1) is 16.3 Å². The van der Waals surface area contributed by atoms with E-state index in [-0.39, 0.29) is 5.91 Å². The van der Waals surface area contributed by atoms with Crippen molar-refractivity contribution in [1.82, 2.24) is 14.8 Å². The molecule has 100 valence electrons. The van der Waals surface area contributed by atoms with Gasteiger partial charge in [0.25, 0.3) is 5.91 Å². The van der Waals surface area contributed by atoms with Crippen LogP contribution in [0.15, 0.2) is 18.3 Å². The lowest BCUT2D eigenvalue weighted by molar-refractivity contribution is 0.102. The Kier molecular flexibility index (Phi) is 3.71. The molecule has 2 aromatic heterocycles. The lowest BCUT2D eigenvalue weighted by Crippen LogP contribution is -2.15. The molecule has 7 heteroatoms. The van der Waals surface area contributed by atoms with E-state index >= 15 is 0 Å². The first-order chi connectivity index (χ1) is 9.01. The van der Waals surface area contributed by atoms with E-state index in [1.807, 2.05) is 6.92 Å². The minimum atomic E-state index is -0.278. The molecule has 0 aliphatic heterocycles. The number of hydrogen-bond donors (Lipinski definition) is 2. The number of anilines is 2. The van der Waals surface area contributed by atoms with Crippen molar-refractivity contribution in [3.63, 3.8) is 0 Å². The van der Waals surface area contributed by atoms with Gasteiger partial charge < -0.3 is 10.6 Å². The predicted molar refractivity (Wildman–Crippen MR) is 74.7 cm³/mol. The van der Waals surface area contributed by atoms with E-state index in [2.05, 4.69) is 20.7 Å². The average molecular weight is 280 g/mol. The van der Waals surface area contributed by atoms with Gasteiger partial charge in [-0.05, 0) is 13.0 Å². The average Bonchev–Trinajstić information content (AvgIpc) is 2.67. The van der Waals surface area contributed by atoms with Crippen molar-refractivity contribution in [3.05, 3.63) is 34.6 Å². The van der Waals surface area contributed by atoms with Crippen LogP contribution in [0.5, 0.6) is 0 Å². The Bertz CT molecular complexity index is 623. The van der Waals surface area contributed by atoms with Gasteiger partial charge in [0.15, 0.2) is 0 Å². The third-order valence-electron chi connectivity index (χ3n) is 2.58. The summed E-state index contributed by atoms with van der Waals surface area (Å²) in [5, 5.41) is 10.1. The van der Waals surface area contributed by atoms with Crippen molar-refractivity contribution >= 4 is 29.1 Å². The van der Waals surface area contributed by atoms with Crippen LogP contribution in [0, 0.1) is 6.92 Å². The molecule has 0 atom stereocenters. The van der Waals surface area contributed by atoms with Crippen molar-refractivity contribution in [2.75, 3.05) is 17.7 Å². The topological polar surface area (TPSA) is 71.8 Å². The molecular formula is C12H14ClN5O. The molecule has 19 heavy (non-hydrogen) atoms. The van der Waals surface area contributed by atoms with Gasteiger partial charge in [-0.15, -0.1) is 0 Å². The molecule has 0 bridgehead atoms. The number of aryl methyl sites for hydroxylation is 2. The fourth-order valence-electron chi connectivity index (χ4n) is 1.66. The Labute approximate surface area is 115 Å². The summed E-state index contributed by atoms with van der Waals surface area (Å²) in [4.78, 5) is 16.1. The van der Waals surface area contributed by atoms with Crippen LogP contribution in [-0.2, 0) is 7.05 Å². The number of pyridine rings is 1. The monoisotopic (exact) mass is 279 g/mol. The van der Waals surface area contributed by atoms with E-state index < -0.39 is 0 Å². The number of aromatic nitrogens is 3. The van der Waals surface area contributed by atoms with Crippen LogP contribution < -0.4 is 10.6 Å². The van der Waals surface area contributed by atoms with E-state index in [1.54, 1.807) is 30.9 Å². The number of nitrogens with zero attached hydrogens (tertiary/aromatic N) is 3. The van der Waals surface area contributed by atoms with Crippen LogP contribution in [-0.4, -0.2) is 27.7 Å². The Morgan fingerprint density at radius 2 is 2.16 bits per heavy atom. The quantitative estimate of drug-likeness (QED) is 0.902. The number of carbonyl (C=O) groups is 1. The maximum Gasteiger partial charge on any atom is 0.258 e. The fourth-order valence-corrected chi connectivity index (χ4v) is 1.92. The van der Waals surface area contributed by atoms with Gasteiger partial charge in [-0.25, -0.2) is 4.98 Å². The second-order valence-electron chi connectivity index (χ2n) is 4.05. The molecule has 2 aromatic rings. The SMILES string of the molecule is CNc1ncc(C(=O)Nc2cc(C)nn2C)cc1Cl. The second-order valence-corrected chi connectivity index (χ2v) is 4.46. The highest BCUT2D eigenvalue weighted by Crippen LogP contribution is 2.20. The summed E-state index contributed by atoms with van der Waals surface area (Å²) in [6.07, 6.45) is 1.47. The minimum absolute atomic E-state index is 0.278. The lowest BCUT2D eigenvalue weighted by atomic mass is 10.2. The highest BCUT2D eigenvalue weighted by molar-refractivity contribution is 6.33. The van der Waals surface area contributed by atoms with E-state index in [4.69, 9.17) is 11.6 Å². The van der Waals surface area contributed by atoms with Crippen LogP contribution in [0.1, 0.15) is 16.1 Å². The molecule has 0 radical (unpaired) electrons. The molecule has 0 saturated carbocycles. The number of carbonyl (C=O) groups excluding carboxylic acids is 1. The van der Waals surface area contributed by atoms with Gasteiger partial charge in [-0.3, -0.25) is 9.48 Å². The summed E-state index contributed by atoms with van der Waals surface area (Å²) in [5.41, 5.74) is 1.22. The summed E-state index contributed by atoms with van der Waals surface area (Å²) < 4.78 is 1.60. The van der Waals surface area contributed by atoms with E-state index in [9.17, 15) is 4.79 Å². The van der Waals surface area contributed by atoms with Crippen LogP contribution in [0.2, 0.25) is 5.02 Å². The van der Waals surface area contributed by atoms with Gasteiger partial charge in [0.2, 0.25) is 0 Å². The molecule has 0 unspecified atom stereocenters. The van der Waals surface area contributed by atoms with Gasteiger partial charge in [-0.1, -0.05) is 11.6 Å². The van der Waals surface area contributed by atoms with Crippen molar-refractivity contribution < 1.29 is 4.79 Å². The van der Waals surface area contributed by atoms with Crippen LogP contribution in [0.3, 0.4) is 0 Å². The summed E-state index contributed by atoms with van der Waals surface area (Å²) in [6, 6.07) is 3.36. The maximum atomic E-state index is 12.1. The Balaban J connectivity index is 2.20. The fraction of sp³-hybridized carbons (Fsp3) is 0.250. The summed E-state index contributed by atoms with van der Waals surface area (Å²) in [7, 11) is 3.48. The van der Waals surface area contributed by atoms with E-state index in [0.29, 0.717) is 22.2 Å². The number of hydrogen-bond acceptors (Lipinski definition) is 4. The molecule has 0 aliphatic rings. The number of rotatable bonds is 3. The predicted octanol–water partition coefficient (Wildman–Crippen LogP) is 2.07. The molecular weight excluding hydrogens is 266 g/mol. The largest absolute Gasteiger partial charge is 0.372 e. The normalized spacial score (nSPS) is 10.3. The molecule has 1 amide bonds. The van der Waals surface area contributed by atoms with Gasteiger partial charge in [0, 0.05) is 26.4 Å². The molecule has 0 spiro atoms. The highest BCUT2D eigenvalue weighted by atomic mass is 35.5. The Morgan fingerprint density at radius 3 is 2.68 bits per heavy atom. The number of amides is 1. The standard InChI is InChI=1S/C12H14ClN5O/c1-7-4-10(18(3)17-7)16-12(19)8-5-9(13)11(14-2)15-6-8/h4-6H,1-3H3,(H,14,15)(H,16,19). The first-order valence-corrected chi connectivity index (χ1v) is 6.04. The molecule has 2 heterocycles. The third-order valence-corrected chi connectivity index (χ3v) is 2.87. The van der Waals surface area contributed by atoms with Crippen LogP contribution in [0.25, 0.3) is 0 Å². The van der Waals surface area contributed by atoms with Crippen molar-refractivity contribution in [2.45, 2.75) is 6.92 Å². The third kappa shape index (κ3) is 2.85. The lowest BCUT2D eigenvalue weighted by Gasteiger charge is -2.07. The Morgan fingerprint density at radius 1 is 1.42 bits per heavy atom. The molecule has 0 aromatic carbocycles. The Hall–Kier alpha value is -2.08. The van der Waals surface area contributed by atoms with Crippen molar-refractivity contribution in [2.24, 2.45) is 7.05 Å². The maximum absolute atomic E-state index is 12.1. The summed E-state index contributed by atoms with van der Waals surface area (Å²) in [6.45, 7) is 1.86. The molecule has 0 aliphatic carbocycles. The number of nitrogens with one attached hydrogen (secondary N) is 2. The van der Waals surface area contributed by atoms with Crippen LogP contribution in [0.4, 0.5) is 11.6 Å². The minimum Gasteiger partial charge on any atom is -0.372 e. The van der Waals surface area contributed by atoms with Gasteiger partial charge >= 0.3 is 0 Å². The molecule has 0 fully saturated rings. The highest BCUT2D eigenvalue weighted by Gasteiger charge is 2.11. The first-order valence-electron chi connectivity index (χ1n) is 5.66. The molecule has 6 nitrogen and oxygen atoms in total. The van der Waals surface area contributed by atoms with Crippen molar-refractivity contribution in [1.29, 1.82) is 0 Å². The second kappa shape index (κ2) is 5.27. The summed E-state index contributed by atoms with van der Waals surface area (Å²) >= 11 is 5.99. The van der Waals surface area contributed by atoms with E-state index in [1.165, 1.54) is 6.20 Å². The smallest absolute Gasteiger partial charge is 0.258 e. The molecule has 0 saturated heterocycles.